The molecule has 3 nitrogen and oxygen atoms in total. The van der Waals surface area contributed by atoms with Crippen molar-refractivity contribution in [3.05, 3.63) is 29.3 Å². The highest BCUT2D eigenvalue weighted by atomic mass is 32.1. The van der Waals surface area contributed by atoms with E-state index < -0.39 is 0 Å². The van der Waals surface area contributed by atoms with Crippen molar-refractivity contribution < 1.29 is 4.79 Å². The number of nitrogens with zero attached hydrogens (tertiary/aromatic N) is 2. The fourth-order valence-electron chi connectivity index (χ4n) is 2.63. The molecule has 1 aromatic rings. The highest BCUT2D eigenvalue weighted by Gasteiger charge is 2.24. The van der Waals surface area contributed by atoms with Gasteiger partial charge in [-0.15, -0.1) is 12.6 Å². The molecular formula is C16H24N2OS. The molecule has 1 aliphatic heterocycles. The van der Waals surface area contributed by atoms with E-state index in [-0.39, 0.29) is 5.91 Å². The standard InChI is InChI=1S/C16H24N2OS/c1-4-13(3)17-7-9-18(10-8-17)16(19)15-11-14(20)6-5-12(15)2/h5-6,11,13,20H,4,7-10H2,1-3H3. The van der Waals surface area contributed by atoms with Gasteiger partial charge in [-0.05, 0) is 38.0 Å². The van der Waals surface area contributed by atoms with Crippen LogP contribution < -0.4 is 0 Å². The normalized spacial score (nSPS) is 18.1. The fraction of sp³-hybridized carbons (Fsp3) is 0.562. The number of aryl methyl sites for hydroxylation is 1. The number of amides is 1. The van der Waals surface area contributed by atoms with Crippen LogP contribution in [0.25, 0.3) is 0 Å². The van der Waals surface area contributed by atoms with Crippen LogP contribution in [0.4, 0.5) is 0 Å². The third-order valence-electron chi connectivity index (χ3n) is 4.27. The second-order valence-corrected chi connectivity index (χ2v) is 6.10. The molecule has 0 bridgehead atoms. The van der Waals surface area contributed by atoms with Crippen molar-refractivity contribution in [3.63, 3.8) is 0 Å². The largest absolute Gasteiger partial charge is 0.336 e. The van der Waals surface area contributed by atoms with Gasteiger partial charge in [0.05, 0.1) is 0 Å². The van der Waals surface area contributed by atoms with Crippen molar-refractivity contribution >= 4 is 18.5 Å². The van der Waals surface area contributed by atoms with Crippen molar-refractivity contribution in [3.8, 4) is 0 Å². The first-order valence-corrected chi connectivity index (χ1v) is 7.80. The van der Waals surface area contributed by atoms with Crippen LogP contribution in [0.5, 0.6) is 0 Å². The lowest BCUT2D eigenvalue weighted by Gasteiger charge is -2.38. The maximum absolute atomic E-state index is 12.6. The summed E-state index contributed by atoms with van der Waals surface area (Å²) in [4.78, 5) is 17.9. The van der Waals surface area contributed by atoms with E-state index >= 15 is 0 Å². The Morgan fingerprint density at radius 1 is 1.30 bits per heavy atom. The minimum Gasteiger partial charge on any atom is -0.336 e. The third kappa shape index (κ3) is 3.36. The van der Waals surface area contributed by atoms with Crippen LogP contribution in [0.1, 0.15) is 36.2 Å². The first kappa shape index (κ1) is 15.4. The summed E-state index contributed by atoms with van der Waals surface area (Å²) < 4.78 is 0. The maximum atomic E-state index is 12.6. The Morgan fingerprint density at radius 3 is 2.55 bits per heavy atom. The molecule has 0 aliphatic carbocycles. The second-order valence-electron chi connectivity index (χ2n) is 5.58. The van der Waals surface area contributed by atoms with E-state index in [0.717, 1.165) is 48.6 Å². The molecule has 1 amide bonds. The Morgan fingerprint density at radius 2 is 1.95 bits per heavy atom. The van der Waals surface area contributed by atoms with Gasteiger partial charge in [0, 0.05) is 42.7 Å². The molecule has 1 fully saturated rings. The van der Waals surface area contributed by atoms with Crippen LogP contribution in [-0.2, 0) is 0 Å². The smallest absolute Gasteiger partial charge is 0.254 e. The maximum Gasteiger partial charge on any atom is 0.254 e. The molecule has 4 heteroatoms. The summed E-state index contributed by atoms with van der Waals surface area (Å²) in [5.41, 5.74) is 1.81. The van der Waals surface area contributed by atoms with Crippen LogP contribution >= 0.6 is 12.6 Å². The molecule has 1 aliphatic rings. The summed E-state index contributed by atoms with van der Waals surface area (Å²) in [5, 5.41) is 0. The number of carbonyl (C=O) groups is 1. The van der Waals surface area contributed by atoms with Crippen LogP contribution in [-0.4, -0.2) is 47.9 Å². The fourth-order valence-corrected chi connectivity index (χ4v) is 2.84. The van der Waals surface area contributed by atoms with Gasteiger partial charge in [-0.3, -0.25) is 9.69 Å². The Balaban J connectivity index is 2.03. The molecular weight excluding hydrogens is 268 g/mol. The van der Waals surface area contributed by atoms with Crippen LogP contribution in [0.3, 0.4) is 0 Å². The van der Waals surface area contributed by atoms with Crippen molar-refractivity contribution in [2.24, 2.45) is 0 Å². The van der Waals surface area contributed by atoms with E-state index in [4.69, 9.17) is 0 Å². The van der Waals surface area contributed by atoms with Gasteiger partial charge in [-0.25, -0.2) is 0 Å². The molecule has 1 aromatic carbocycles. The van der Waals surface area contributed by atoms with Gasteiger partial charge in [0.2, 0.25) is 0 Å². The van der Waals surface area contributed by atoms with Crippen molar-refractivity contribution in [2.75, 3.05) is 26.2 Å². The Hall–Kier alpha value is -1.00. The molecule has 2 rings (SSSR count). The number of rotatable bonds is 3. The molecule has 1 heterocycles. The average Bonchev–Trinajstić information content (AvgIpc) is 2.48. The quantitative estimate of drug-likeness (QED) is 0.866. The molecule has 0 radical (unpaired) electrons. The van der Waals surface area contributed by atoms with E-state index in [0.29, 0.717) is 6.04 Å². The average molecular weight is 292 g/mol. The number of benzene rings is 1. The van der Waals surface area contributed by atoms with E-state index in [1.807, 2.05) is 30.0 Å². The topological polar surface area (TPSA) is 23.6 Å². The van der Waals surface area contributed by atoms with E-state index in [1.165, 1.54) is 0 Å². The highest BCUT2D eigenvalue weighted by molar-refractivity contribution is 7.80. The SMILES string of the molecule is CCC(C)N1CCN(C(=O)c2cc(S)ccc2C)CC1. The minimum absolute atomic E-state index is 0.141. The first-order chi connectivity index (χ1) is 9.52. The van der Waals surface area contributed by atoms with Crippen LogP contribution in [0, 0.1) is 6.92 Å². The monoisotopic (exact) mass is 292 g/mol. The molecule has 0 saturated carbocycles. The molecule has 1 unspecified atom stereocenters. The third-order valence-corrected chi connectivity index (χ3v) is 4.55. The van der Waals surface area contributed by atoms with Gasteiger partial charge in [-0.2, -0.15) is 0 Å². The number of hydrogen-bond donors (Lipinski definition) is 1. The number of piperazine rings is 1. The lowest BCUT2D eigenvalue weighted by molar-refractivity contribution is 0.0579. The van der Waals surface area contributed by atoms with Gasteiger partial charge < -0.3 is 4.90 Å². The van der Waals surface area contributed by atoms with Gasteiger partial charge in [0.1, 0.15) is 0 Å². The summed E-state index contributed by atoms with van der Waals surface area (Å²) in [7, 11) is 0. The Labute approximate surface area is 127 Å². The predicted molar refractivity (Wildman–Crippen MR) is 85.7 cm³/mol. The van der Waals surface area contributed by atoms with Crippen LogP contribution in [0.2, 0.25) is 0 Å². The molecule has 0 aromatic heterocycles. The molecule has 110 valence electrons. The van der Waals surface area contributed by atoms with Crippen molar-refractivity contribution in [1.82, 2.24) is 9.80 Å². The number of carbonyl (C=O) groups excluding carboxylic acids is 1. The van der Waals surface area contributed by atoms with Gasteiger partial charge in [-0.1, -0.05) is 13.0 Å². The first-order valence-electron chi connectivity index (χ1n) is 7.36. The molecule has 20 heavy (non-hydrogen) atoms. The molecule has 1 atom stereocenters. The molecule has 1 saturated heterocycles. The zero-order valence-corrected chi connectivity index (χ0v) is 13.5. The summed E-state index contributed by atoms with van der Waals surface area (Å²) in [6.45, 7) is 10.0. The Kier molecular flexibility index (Phi) is 5.11. The zero-order valence-electron chi connectivity index (χ0n) is 12.6. The van der Waals surface area contributed by atoms with Gasteiger partial charge in [0.15, 0.2) is 0 Å². The lowest BCUT2D eigenvalue weighted by Crippen LogP contribution is -2.51. The van der Waals surface area contributed by atoms with E-state index in [1.54, 1.807) is 0 Å². The van der Waals surface area contributed by atoms with E-state index in [9.17, 15) is 4.79 Å². The molecule has 0 N–H and O–H groups in total. The van der Waals surface area contributed by atoms with Gasteiger partial charge >= 0.3 is 0 Å². The number of hydrogen-bond acceptors (Lipinski definition) is 3. The van der Waals surface area contributed by atoms with Gasteiger partial charge in [0.25, 0.3) is 5.91 Å². The summed E-state index contributed by atoms with van der Waals surface area (Å²) in [6.07, 6.45) is 1.16. The Bertz CT molecular complexity index is 481. The number of thiol groups is 1. The summed E-state index contributed by atoms with van der Waals surface area (Å²) in [6, 6.07) is 6.37. The summed E-state index contributed by atoms with van der Waals surface area (Å²) in [5.74, 6) is 0.141. The lowest BCUT2D eigenvalue weighted by atomic mass is 10.1. The van der Waals surface area contributed by atoms with E-state index in [2.05, 4.69) is 31.4 Å². The zero-order chi connectivity index (χ0) is 14.7. The summed E-state index contributed by atoms with van der Waals surface area (Å²) >= 11 is 4.33. The second kappa shape index (κ2) is 6.64. The van der Waals surface area contributed by atoms with Crippen molar-refractivity contribution in [1.29, 1.82) is 0 Å². The predicted octanol–water partition coefficient (Wildman–Crippen LogP) is 2.84. The molecule has 0 spiro atoms. The van der Waals surface area contributed by atoms with Crippen LogP contribution in [0.15, 0.2) is 23.1 Å². The highest BCUT2D eigenvalue weighted by Crippen LogP contribution is 2.18. The van der Waals surface area contributed by atoms with Crippen molar-refractivity contribution in [2.45, 2.75) is 38.1 Å². The minimum atomic E-state index is 0.141.